The molecule has 408 valence electrons. The Morgan fingerprint density at radius 1 is 0.620 bits per heavy atom. The van der Waals surface area contributed by atoms with E-state index in [1.807, 2.05) is 100.0 Å². The minimum atomic E-state index is -0.0641. The standard InChI is InChI=1S/C31H35N7O.C20H24IN3O.C10H11N5/c1-21(2)38-31-29(30(32)33-20-34-31)27(35-38)12-11-26-17-24(6-5-22(26)3)18-28(39)25-9-7-23(8-10-25)19-37-15-13-36(4)14-16-37;1-15-3-8-18(13-19(15)21)22-20(25)17-6-4-16(5-7-17)14-24-11-9-23(2)10-12-24;1-4-7-8-9(11)12-5-13-10(8)15(14-7)6(2)3/h5-10,17,20-21H,13-16,18-19H2,1-4H3,(H2,32,33,34);3-8,13H,9-12,14H2,1-2H3,(H,22,25);1,5-6H,2-3H3,(H2,11,12,13). The number of rotatable bonds is 11. The number of nitrogens with two attached hydrogens (primary N) is 2. The molecule has 0 aliphatic carbocycles. The van der Waals surface area contributed by atoms with Gasteiger partial charge in [0.15, 0.2) is 17.1 Å². The van der Waals surface area contributed by atoms with Crippen LogP contribution >= 0.6 is 22.6 Å². The lowest BCUT2D eigenvalue weighted by molar-refractivity contribution is 0.0990. The minimum Gasteiger partial charge on any atom is -0.383 e. The number of aryl methyl sites for hydroxylation is 2. The number of piperazine rings is 2. The molecule has 2 aliphatic rings. The molecule has 6 heterocycles. The summed E-state index contributed by atoms with van der Waals surface area (Å²) in [5.41, 5.74) is 23.1. The summed E-state index contributed by atoms with van der Waals surface area (Å²) in [5.74, 6) is 9.69. The van der Waals surface area contributed by atoms with E-state index in [0.29, 0.717) is 57.1 Å². The van der Waals surface area contributed by atoms with Crippen molar-refractivity contribution in [1.29, 1.82) is 0 Å². The van der Waals surface area contributed by atoms with Crippen molar-refractivity contribution in [2.24, 2.45) is 0 Å². The van der Waals surface area contributed by atoms with E-state index in [4.69, 9.17) is 17.9 Å². The number of ketones is 1. The topological polar surface area (TPSA) is 198 Å². The Kier molecular flexibility index (Phi) is 19.2. The average molecular weight is 1170 g/mol. The van der Waals surface area contributed by atoms with Gasteiger partial charge < -0.3 is 26.6 Å². The van der Waals surface area contributed by atoms with Gasteiger partial charge in [0.2, 0.25) is 0 Å². The Morgan fingerprint density at radius 3 is 1.61 bits per heavy atom. The number of halogens is 1. The summed E-state index contributed by atoms with van der Waals surface area (Å²) in [7, 11) is 4.33. The van der Waals surface area contributed by atoms with Crippen LogP contribution in [-0.4, -0.2) is 137 Å². The number of carbonyl (C=O) groups is 2. The van der Waals surface area contributed by atoms with Crippen LogP contribution in [0.4, 0.5) is 17.3 Å². The van der Waals surface area contributed by atoms with Gasteiger partial charge in [-0.3, -0.25) is 19.4 Å². The zero-order valence-electron chi connectivity index (χ0n) is 46.5. The Hall–Kier alpha value is -7.59. The first-order valence-corrected chi connectivity index (χ1v) is 27.7. The van der Waals surface area contributed by atoms with E-state index in [2.05, 4.69) is 141 Å². The second-order valence-corrected chi connectivity index (χ2v) is 22.0. The highest BCUT2D eigenvalue weighted by molar-refractivity contribution is 14.1. The Morgan fingerprint density at radius 2 is 1.10 bits per heavy atom. The summed E-state index contributed by atoms with van der Waals surface area (Å²) < 4.78 is 4.72. The number of nitrogens with one attached hydrogen (secondary N) is 1. The maximum atomic E-state index is 13.1. The summed E-state index contributed by atoms with van der Waals surface area (Å²) in [5, 5.41) is 13.2. The van der Waals surface area contributed by atoms with Crippen molar-refractivity contribution in [3.05, 3.63) is 157 Å². The van der Waals surface area contributed by atoms with Gasteiger partial charge in [-0.15, -0.1) is 6.42 Å². The van der Waals surface area contributed by atoms with Crippen molar-refractivity contribution in [3.8, 4) is 24.2 Å². The Balaban J connectivity index is 0.000000174. The second-order valence-electron chi connectivity index (χ2n) is 20.8. The number of fused-ring (bicyclic) bond motifs is 2. The van der Waals surface area contributed by atoms with Crippen LogP contribution in [0.25, 0.3) is 22.1 Å². The molecule has 8 aromatic rings. The van der Waals surface area contributed by atoms with E-state index in [9.17, 15) is 9.59 Å². The normalized spacial score (nSPS) is 14.3. The number of carbonyl (C=O) groups excluding carboxylic acids is 2. The lowest BCUT2D eigenvalue weighted by atomic mass is 9.98. The number of nitrogen functional groups attached to an aromatic ring is 2. The summed E-state index contributed by atoms with van der Waals surface area (Å²) >= 11 is 2.28. The number of benzene rings is 4. The fraction of sp³-hybridized carbons (Fsp3) is 0.344. The molecule has 2 saturated heterocycles. The number of hydrogen-bond donors (Lipinski definition) is 3. The van der Waals surface area contributed by atoms with Gasteiger partial charge in [0.1, 0.15) is 35.7 Å². The first-order chi connectivity index (χ1) is 37.9. The number of terminal acetylenes is 1. The molecular formula is C61H70IN15O2. The van der Waals surface area contributed by atoms with E-state index in [-0.39, 0.29) is 23.8 Å². The molecule has 1 amide bonds. The predicted octanol–water partition coefficient (Wildman–Crippen LogP) is 8.44. The third-order valence-corrected chi connectivity index (χ3v) is 15.2. The molecule has 18 heteroatoms. The molecule has 10 rings (SSSR count). The van der Waals surface area contributed by atoms with Gasteiger partial charge in [-0.2, -0.15) is 10.2 Å². The largest absolute Gasteiger partial charge is 0.383 e. The Bertz CT molecular complexity index is 3540. The fourth-order valence-corrected chi connectivity index (χ4v) is 9.70. The predicted molar refractivity (Wildman–Crippen MR) is 324 cm³/mol. The van der Waals surface area contributed by atoms with Crippen LogP contribution in [0.5, 0.6) is 0 Å². The van der Waals surface area contributed by atoms with E-state index < -0.39 is 0 Å². The smallest absolute Gasteiger partial charge is 0.255 e. The molecule has 2 fully saturated rings. The molecule has 17 nitrogen and oxygen atoms in total. The van der Waals surface area contributed by atoms with Crippen molar-refractivity contribution >= 4 is 73.7 Å². The van der Waals surface area contributed by atoms with Gasteiger partial charge in [0, 0.05) is 110 Å². The lowest BCUT2D eigenvalue weighted by Crippen LogP contribution is -2.43. The minimum absolute atomic E-state index is 0.0641. The number of likely N-dealkylation sites (N-methyl/N-ethyl adjacent to an activating group) is 2. The third kappa shape index (κ3) is 14.8. The molecule has 0 bridgehead atoms. The number of amides is 1. The van der Waals surface area contributed by atoms with Crippen LogP contribution < -0.4 is 16.8 Å². The highest BCUT2D eigenvalue weighted by atomic mass is 127. The first kappa shape index (κ1) is 57.6. The van der Waals surface area contributed by atoms with E-state index >= 15 is 0 Å². The van der Waals surface area contributed by atoms with Crippen LogP contribution in [0, 0.1) is 41.6 Å². The fourth-order valence-electron chi connectivity index (χ4n) is 9.19. The first-order valence-electron chi connectivity index (χ1n) is 26.6. The third-order valence-electron chi connectivity index (χ3n) is 14.1. The maximum absolute atomic E-state index is 13.1. The van der Waals surface area contributed by atoms with Crippen LogP contribution in [0.3, 0.4) is 0 Å². The van der Waals surface area contributed by atoms with E-state index in [0.717, 1.165) is 97.0 Å². The van der Waals surface area contributed by atoms with Gasteiger partial charge in [0.05, 0.1) is 10.8 Å². The number of Topliss-reactive ketones (excluding diaryl/α,β-unsaturated/α-hetero) is 1. The van der Waals surface area contributed by atoms with Gasteiger partial charge in [-0.25, -0.2) is 29.3 Å². The SMILES string of the molecule is C#Cc1nn(C(C)C)c2ncnc(N)c12.Cc1ccc(CC(=O)c2ccc(CN3CCN(C)CC3)cc2)cc1C#Cc1nn(C(C)C)c2ncnc(N)c12.Cc1ccc(NC(=O)c2ccc(CN3CCN(C)CC3)cc2)cc1I. The van der Waals surface area contributed by atoms with Crippen molar-refractivity contribution in [2.45, 2.75) is 73.1 Å². The maximum Gasteiger partial charge on any atom is 0.255 e. The van der Waals surface area contributed by atoms with Crippen molar-refractivity contribution in [3.63, 3.8) is 0 Å². The summed E-state index contributed by atoms with van der Waals surface area (Å²) in [6.07, 6.45) is 8.54. The van der Waals surface area contributed by atoms with Crippen molar-refractivity contribution in [1.82, 2.24) is 59.1 Å². The molecule has 0 radical (unpaired) electrons. The van der Waals surface area contributed by atoms with Crippen LogP contribution in [0.15, 0.2) is 97.6 Å². The highest BCUT2D eigenvalue weighted by Crippen LogP contribution is 2.25. The van der Waals surface area contributed by atoms with Crippen LogP contribution in [0.1, 0.15) is 105 Å². The van der Waals surface area contributed by atoms with Gasteiger partial charge in [-0.1, -0.05) is 60.5 Å². The van der Waals surface area contributed by atoms with Crippen LogP contribution in [0.2, 0.25) is 0 Å². The molecule has 0 unspecified atom stereocenters. The summed E-state index contributed by atoms with van der Waals surface area (Å²) in [6, 6.07) is 28.3. The number of aromatic nitrogens is 8. The molecule has 0 atom stereocenters. The van der Waals surface area contributed by atoms with E-state index in [1.54, 1.807) is 4.68 Å². The lowest BCUT2D eigenvalue weighted by Gasteiger charge is -2.32. The summed E-state index contributed by atoms with van der Waals surface area (Å²) in [6.45, 7) is 22.8. The Labute approximate surface area is 477 Å². The quantitative estimate of drug-likeness (QED) is 0.0634. The highest BCUT2D eigenvalue weighted by Gasteiger charge is 2.19. The van der Waals surface area contributed by atoms with Gasteiger partial charge in [-0.05, 0) is 148 Å². The number of nitrogens with zero attached hydrogens (tertiary/aromatic N) is 12. The summed E-state index contributed by atoms with van der Waals surface area (Å²) in [4.78, 5) is 51.7. The molecule has 0 saturated carbocycles. The molecule has 79 heavy (non-hydrogen) atoms. The van der Waals surface area contributed by atoms with Crippen molar-refractivity contribution in [2.75, 3.05) is 83.2 Å². The molecule has 4 aromatic heterocycles. The average Bonchev–Trinajstić information content (AvgIpc) is 4.25. The monoisotopic (exact) mass is 1170 g/mol. The molecule has 2 aliphatic heterocycles. The molecule has 4 aromatic carbocycles. The van der Waals surface area contributed by atoms with Crippen LogP contribution in [-0.2, 0) is 19.5 Å². The number of hydrogen-bond acceptors (Lipinski definition) is 14. The van der Waals surface area contributed by atoms with E-state index in [1.165, 1.54) is 29.3 Å². The van der Waals surface area contributed by atoms with Crippen molar-refractivity contribution < 1.29 is 9.59 Å². The van der Waals surface area contributed by atoms with Gasteiger partial charge >= 0.3 is 0 Å². The zero-order valence-corrected chi connectivity index (χ0v) is 48.6. The number of anilines is 3. The van der Waals surface area contributed by atoms with Gasteiger partial charge in [0.25, 0.3) is 5.91 Å². The molecular weight excluding hydrogens is 1100 g/mol. The molecule has 5 N–H and O–H groups in total. The zero-order chi connectivity index (χ0) is 56.3. The second kappa shape index (κ2) is 26.4. The molecule has 0 spiro atoms.